The van der Waals surface area contributed by atoms with Gasteiger partial charge in [-0.15, -0.1) is 0 Å². The smallest absolute Gasteiger partial charge is 0.325 e. The Morgan fingerprint density at radius 3 is 2.43 bits per heavy atom. The number of aryl methyl sites for hydroxylation is 1. The van der Waals surface area contributed by atoms with E-state index in [1.165, 1.54) is 24.3 Å². The van der Waals surface area contributed by atoms with Gasteiger partial charge in [0.1, 0.15) is 29.8 Å². The molecule has 1 saturated heterocycles. The fraction of sp³-hybridized carbons (Fsp3) is 0.391. The fourth-order valence-corrected chi connectivity index (χ4v) is 3.57. The van der Waals surface area contributed by atoms with Gasteiger partial charge in [0.15, 0.2) is 0 Å². The van der Waals surface area contributed by atoms with Crippen molar-refractivity contribution in [2.75, 3.05) is 13.2 Å². The molecule has 30 heavy (non-hydrogen) atoms. The van der Waals surface area contributed by atoms with Gasteiger partial charge in [-0.25, -0.2) is 9.18 Å². The average Bonchev–Trinajstić information content (AvgIpc) is 2.97. The SMILES string of the molecule is CCCCC1(c2ccc(F)cc2)NC(=O)N(CC(O)COc2ccc(C)cc2)C1=O. The van der Waals surface area contributed by atoms with E-state index in [1.54, 1.807) is 12.1 Å². The van der Waals surface area contributed by atoms with Crippen LogP contribution in [0.4, 0.5) is 9.18 Å². The van der Waals surface area contributed by atoms with E-state index in [2.05, 4.69) is 5.32 Å². The summed E-state index contributed by atoms with van der Waals surface area (Å²) in [6.45, 7) is 3.70. The van der Waals surface area contributed by atoms with Gasteiger partial charge in [0.25, 0.3) is 5.91 Å². The van der Waals surface area contributed by atoms with Gasteiger partial charge in [-0.05, 0) is 43.2 Å². The molecule has 1 aliphatic heterocycles. The maximum Gasteiger partial charge on any atom is 0.325 e. The molecule has 1 aliphatic rings. The lowest BCUT2D eigenvalue weighted by molar-refractivity contribution is -0.133. The molecule has 160 valence electrons. The summed E-state index contributed by atoms with van der Waals surface area (Å²) in [4.78, 5) is 26.9. The molecular weight excluding hydrogens is 387 g/mol. The number of rotatable bonds is 9. The number of β-amino-alcohol motifs (C(OH)–C–C–N with tert-alkyl or cyclic N) is 1. The maximum absolute atomic E-state index is 13.4. The van der Waals surface area contributed by atoms with Crippen molar-refractivity contribution in [1.29, 1.82) is 0 Å². The predicted molar refractivity (Wildman–Crippen MR) is 111 cm³/mol. The van der Waals surface area contributed by atoms with Crippen LogP contribution < -0.4 is 10.1 Å². The summed E-state index contributed by atoms with van der Waals surface area (Å²) in [5, 5.41) is 13.2. The van der Waals surface area contributed by atoms with E-state index in [-0.39, 0.29) is 13.2 Å². The van der Waals surface area contributed by atoms with Crippen LogP contribution in [0.3, 0.4) is 0 Å². The first-order chi connectivity index (χ1) is 14.4. The third kappa shape index (κ3) is 4.62. The number of nitrogens with one attached hydrogen (secondary N) is 1. The molecule has 1 heterocycles. The molecule has 0 aromatic heterocycles. The van der Waals surface area contributed by atoms with E-state index in [1.807, 2.05) is 26.0 Å². The molecule has 6 nitrogen and oxygen atoms in total. The van der Waals surface area contributed by atoms with Crippen LogP contribution in [-0.4, -0.2) is 41.2 Å². The van der Waals surface area contributed by atoms with Crippen LogP contribution in [0.1, 0.15) is 37.3 Å². The summed E-state index contributed by atoms with van der Waals surface area (Å²) in [5.74, 6) is -0.260. The predicted octanol–water partition coefficient (Wildman–Crippen LogP) is 3.51. The first kappa shape index (κ1) is 21.8. The van der Waals surface area contributed by atoms with Crippen molar-refractivity contribution in [3.05, 3.63) is 65.5 Å². The summed E-state index contributed by atoms with van der Waals surface area (Å²) in [6, 6.07) is 12.4. The number of carbonyl (C=O) groups excluding carboxylic acids is 2. The Morgan fingerprint density at radius 1 is 1.13 bits per heavy atom. The molecule has 2 N–H and O–H groups in total. The molecule has 0 spiro atoms. The van der Waals surface area contributed by atoms with Gasteiger partial charge in [0.05, 0.1) is 6.54 Å². The monoisotopic (exact) mass is 414 g/mol. The third-order valence-corrected chi connectivity index (χ3v) is 5.27. The zero-order chi connectivity index (χ0) is 21.7. The number of hydrogen-bond acceptors (Lipinski definition) is 4. The topological polar surface area (TPSA) is 78.9 Å². The highest BCUT2D eigenvalue weighted by molar-refractivity contribution is 6.07. The minimum atomic E-state index is -1.25. The van der Waals surface area contributed by atoms with Gasteiger partial charge >= 0.3 is 6.03 Å². The van der Waals surface area contributed by atoms with Crippen molar-refractivity contribution in [3.63, 3.8) is 0 Å². The average molecular weight is 414 g/mol. The molecule has 7 heteroatoms. The van der Waals surface area contributed by atoms with Gasteiger partial charge in [-0.1, -0.05) is 49.6 Å². The molecule has 3 rings (SSSR count). The Morgan fingerprint density at radius 2 is 1.80 bits per heavy atom. The van der Waals surface area contributed by atoms with E-state index >= 15 is 0 Å². The van der Waals surface area contributed by atoms with Gasteiger partial charge in [-0.3, -0.25) is 9.69 Å². The Kier molecular flexibility index (Phi) is 6.72. The number of halogens is 1. The normalized spacial score (nSPS) is 19.7. The van der Waals surface area contributed by atoms with Crippen molar-refractivity contribution in [3.8, 4) is 5.75 Å². The number of imide groups is 1. The molecule has 2 aromatic carbocycles. The number of ether oxygens (including phenoxy) is 1. The van der Waals surface area contributed by atoms with Crippen molar-refractivity contribution in [2.24, 2.45) is 0 Å². The van der Waals surface area contributed by atoms with E-state index in [4.69, 9.17) is 4.74 Å². The number of unbranched alkanes of at least 4 members (excludes halogenated alkanes) is 1. The van der Waals surface area contributed by atoms with Crippen molar-refractivity contribution < 1.29 is 23.8 Å². The minimum Gasteiger partial charge on any atom is -0.491 e. The number of urea groups is 1. The van der Waals surface area contributed by atoms with Gasteiger partial charge in [-0.2, -0.15) is 0 Å². The second-order valence-corrected chi connectivity index (χ2v) is 7.64. The Hall–Kier alpha value is -2.93. The van der Waals surface area contributed by atoms with Crippen molar-refractivity contribution >= 4 is 11.9 Å². The first-order valence-corrected chi connectivity index (χ1v) is 10.1. The molecule has 0 bridgehead atoms. The molecule has 1 fully saturated rings. The molecule has 0 aliphatic carbocycles. The number of nitrogens with zero attached hydrogens (tertiary/aromatic N) is 1. The molecule has 3 amide bonds. The largest absolute Gasteiger partial charge is 0.491 e. The highest BCUT2D eigenvalue weighted by atomic mass is 19.1. The fourth-order valence-electron chi connectivity index (χ4n) is 3.57. The summed E-state index contributed by atoms with van der Waals surface area (Å²) in [6.07, 6.45) is 0.887. The van der Waals surface area contributed by atoms with Crippen LogP contribution in [-0.2, 0) is 10.3 Å². The molecule has 0 radical (unpaired) electrons. The van der Waals surface area contributed by atoms with Crippen LogP contribution in [0, 0.1) is 12.7 Å². The summed E-state index contributed by atoms with van der Waals surface area (Å²) in [7, 11) is 0. The Labute approximate surface area is 175 Å². The lowest BCUT2D eigenvalue weighted by atomic mass is 9.84. The Balaban J connectivity index is 1.72. The summed E-state index contributed by atoms with van der Waals surface area (Å²) >= 11 is 0. The van der Waals surface area contributed by atoms with Gasteiger partial charge in [0, 0.05) is 0 Å². The molecule has 0 saturated carbocycles. The minimum absolute atomic E-state index is 0.0569. The zero-order valence-electron chi connectivity index (χ0n) is 17.2. The molecular formula is C23H27FN2O4. The van der Waals surface area contributed by atoms with E-state index in [9.17, 15) is 19.1 Å². The van der Waals surface area contributed by atoms with Crippen LogP contribution in [0.25, 0.3) is 0 Å². The van der Waals surface area contributed by atoms with E-state index in [0.717, 1.165) is 16.9 Å². The lowest BCUT2D eigenvalue weighted by Crippen LogP contribution is -2.45. The summed E-state index contributed by atoms with van der Waals surface area (Å²) < 4.78 is 18.9. The number of benzene rings is 2. The standard InChI is InChI=1S/C23H27FN2O4/c1-3-4-13-23(17-7-9-18(24)10-8-17)21(28)26(22(29)25-23)14-19(27)15-30-20-11-5-16(2)6-12-20/h5-12,19,27H,3-4,13-15H2,1-2H3,(H,25,29). The zero-order valence-corrected chi connectivity index (χ0v) is 17.2. The van der Waals surface area contributed by atoms with Crippen LogP contribution in [0.15, 0.2) is 48.5 Å². The van der Waals surface area contributed by atoms with Gasteiger partial charge < -0.3 is 15.2 Å². The molecule has 2 atom stereocenters. The molecule has 2 aromatic rings. The number of amides is 3. The Bertz CT molecular complexity index is 885. The maximum atomic E-state index is 13.4. The number of carbonyl (C=O) groups is 2. The van der Waals surface area contributed by atoms with Crippen LogP contribution in [0.2, 0.25) is 0 Å². The highest BCUT2D eigenvalue weighted by Gasteiger charge is 2.52. The van der Waals surface area contributed by atoms with Crippen molar-refractivity contribution in [1.82, 2.24) is 10.2 Å². The number of aliphatic hydroxyl groups excluding tert-OH is 1. The lowest BCUT2D eigenvalue weighted by Gasteiger charge is -2.27. The molecule has 2 unspecified atom stereocenters. The quantitative estimate of drug-likeness (QED) is 0.616. The van der Waals surface area contributed by atoms with Gasteiger partial charge in [0.2, 0.25) is 0 Å². The number of aliphatic hydroxyl groups is 1. The second-order valence-electron chi connectivity index (χ2n) is 7.64. The van der Waals surface area contributed by atoms with Crippen LogP contribution in [0.5, 0.6) is 5.75 Å². The van der Waals surface area contributed by atoms with Crippen LogP contribution >= 0.6 is 0 Å². The first-order valence-electron chi connectivity index (χ1n) is 10.1. The highest BCUT2D eigenvalue weighted by Crippen LogP contribution is 2.34. The van der Waals surface area contributed by atoms with Crippen molar-refractivity contribution in [2.45, 2.75) is 44.8 Å². The second kappa shape index (κ2) is 9.26. The van der Waals surface area contributed by atoms with E-state index < -0.39 is 29.4 Å². The third-order valence-electron chi connectivity index (χ3n) is 5.27. The summed E-state index contributed by atoms with van der Waals surface area (Å²) in [5.41, 5.74) is 0.369. The number of hydrogen-bond donors (Lipinski definition) is 2. The van der Waals surface area contributed by atoms with E-state index in [0.29, 0.717) is 24.2 Å².